The normalized spacial score (nSPS) is 12.9. The maximum absolute atomic E-state index is 13.0. The van der Waals surface area contributed by atoms with Crippen molar-refractivity contribution >= 4 is 92.1 Å². The summed E-state index contributed by atoms with van der Waals surface area (Å²) in [5, 5.41) is 13.0. The molecule has 81 heavy (non-hydrogen) atoms. The lowest BCUT2D eigenvalue weighted by atomic mass is 9.66. The summed E-state index contributed by atoms with van der Waals surface area (Å²) in [7, 11) is 0. The van der Waals surface area contributed by atoms with Crippen LogP contribution in [0.1, 0.15) is 38.9 Å². The van der Waals surface area contributed by atoms with E-state index in [0.29, 0.717) is 0 Å². The smallest absolute Gasteiger partial charge is 0.142 e. The SMILES string of the molecule is Brc1ccc2c(c1)C1(c3cc(Br)ccc3-c3ccccc3-2)c2ccccc2-c2ccccc21.Brc1ccccc1-c1ccccc1.Cl.OC1(c2ccccc2-c2ccccc2)c2cc(Br)ccc2-c2ccccc2-c2ccc(Br)cc21. The zero-order valence-corrected chi connectivity index (χ0v) is 52.0. The summed E-state index contributed by atoms with van der Waals surface area (Å²) < 4.78 is 5.19. The first-order valence-corrected chi connectivity index (χ1v) is 30.4. The molecule has 12 aromatic carbocycles. The lowest BCUT2D eigenvalue weighted by molar-refractivity contribution is 0.127. The number of rotatable bonds is 3. The van der Waals surface area contributed by atoms with Crippen molar-refractivity contribution in [1.29, 1.82) is 0 Å². The predicted molar refractivity (Wildman–Crippen MR) is 357 cm³/mol. The Labute approximate surface area is 521 Å². The topological polar surface area (TPSA) is 20.2 Å². The second-order valence-corrected chi connectivity index (χ2v) is 24.7. The Morgan fingerprint density at radius 2 is 0.494 bits per heavy atom. The third kappa shape index (κ3) is 9.57. The van der Waals surface area contributed by atoms with Gasteiger partial charge in [0.2, 0.25) is 0 Å². The van der Waals surface area contributed by atoms with Crippen LogP contribution in [-0.2, 0) is 11.0 Å². The molecule has 0 aromatic heterocycles. The van der Waals surface area contributed by atoms with Gasteiger partial charge >= 0.3 is 0 Å². The lowest BCUT2D eigenvalue weighted by Crippen LogP contribution is -2.30. The van der Waals surface area contributed by atoms with Gasteiger partial charge in [0, 0.05) is 39.1 Å². The highest BCUT2D eigenvalue weighted by Crippen LogP contribution is 2.62. The Hall–Kier alpha value is -6.71. The van der Waals surface area contributed by atoms with Crippen LogP contribution < -0.4 is 0 Å². The van der Waals surface area contributed by atoms with Crippen LogP contribution in [0.15, 0.2) is 301 Å². The molecule has 0 radical (unpaired) electrons. The number of hydrogen-bond donors (Lipinski definition) is 1. The molecular formula is C74H48Br5ClO. The van der Waals surface area contributed by atoms with E-state index in [4.69, 9.17) is 0 Å². The fraction of sp³-hybridized carbons (Fsp3) is 0.0270. The summed E-state index contributed by atoms with van der Waals surface area (Å²) in [6, 6.07) is 98.1. The van der Waals surface area contributed by atoms with E-state index < -0.39 is 11.0 Å². The summed E-state index contributed by atoms with van der Waals surface area (Å²) in [5.41, 5.74) is 22.7. The van der Waals surface area contributed by atoms with Crippen molar-refractivity contribution in [3.63, 3.8) is 0 Å². The summed E-state index contributed by atoms with van der Waals surface area (Å²) in [6.45, 7) is 0. The van der Waals surface area contributed by atoms with Gasteiger partial charge in [0.25, 0.3) is 0 Å². The average molecular weight is 1390 g/mol. The standard InChI is InChI=1S/C31H20Br2O.C31H18Br2.C12H9Br.ClH/c32-21-14-16-26-24-11-4-5-12-25(24)27-17-15-22(33)19-30(27)31(34,29(26)18-21)28-13-7-6-10-23(28)20-8-2-1-3-9-20;32-19-13-15-25-21-7-1-2-8-22(21)26-16-14-20(33)18-30(26)31(29(25)17-19)27-11-5-3-9-23(27)24-10-4-6-12-28(24)31;13-12-9-5-4-8-11(12)10-6-2-1-3-7-10;/h1-19,34H;1-18H;1-9H;1H. The van der Waals surface area contributed by atoms with Crippen molar-refractivity contribution in [3.05, 3.63) is 340 Å². The summed E-state index contributed by atoms with van der Waals surface area (Å²) >= 11 is 18.5. The van der Waals surface area contributed by atoms with E-state index >= 15 is 0 Å². The fourth-order valence-corrected chi connectivity index (χ4v) is 14.5. The average Bonchev–Trinajstić information content (AvgIpc) is 3.96. The molecule has 0 saturated heterocycles. The van der Waals surface area contributed by atoms with Crippen LogP contribution in [-0.4, -0.2) is 5.11 Å². The van der Waals surface area contributed by atoms with E-state index in [1.54, 1.807) is 0 Å². The van der Waals surface area contributed by atoms with E-state index in [9.17, 15) is 5.11 Å². The summed E-state index contributed by atoms with van der Waals surface area (Å²) in [4.78, 5) is 0. The monoisotopic (exact) mass is 1380 g/mol. The maximum Gasteiger partial charge on any atom is 0.142 e. The molecule has 1 nitrogen and oxygen atoms in total. The maximum atomic E-state index is 13.0. The summed E-state index contributed by atoms with van der Waals surface area (Å²) in [6.07, 6.45) is 0. The van der Waals surface area contributed by atoms with Crippen molar-refractivity contribution in [2.24, 2.45) is 0 Å². The molecule has 0 saturated carbocycles. The molecule has 0 fully saturated rings. The number of benzene rings is 12. The first kappa shape index (κ1) is 54.9. The Morgan fingerprint density at radius 3 is 0.889 bits per heavy atom. The second-order valence-electron chi connectivity index (χ2n) is 20.2. The molecule has 0 bridgehead atoms. The quantitative estimate of drug-likeness (QED) is 0.187. The Bertz CT molecular complexity index is 4150. The zero-order valence-electron chi connectivity index (χ0n) is 43.3. The van der Waals surface area contributed by atoms with Crippen molar-refractivity contribution in [1.82, 2.24) is 0 Å². The molecule has 7 heteroatoms. The van der Waals surface area contributed by atoms with Crippen LogP contribution in [0.2, 0.25) is 0 Å². The van der Waals surface area contributed by atoms with Gasteiger partial charge in [-0.1, -0.05) is 304 Å². The number of aliphatic hydroxyl groups is 1. The number of halogens is 6. The van der Waals surface area contributed by atoms with Gasteiger partial charge < -0.3 is 5.11 Å². The molecule has 1 spiro atoms. The van der Waals surface area contributed by atoms with Gasteiger partial charge in [0.15, 0.2) is 0 Å². The van der Waals surface area contributed by atoms with Gasteiger partial charge in [0.1, 0.15) is 5.60 Å². The second kappa shape index (κ2) is 22.9. The Kier molecular flexibility index (Phi) is 15.5. The van der Waals surface area contributed by atoms with Crippen molar-refractivity contribution in [2.45, 2.75) is 11.0 Å². The molecule has 0 aliphatic heterocycles. The molecule has 15 rings (SSSR count). The molecule has 0 heterocycles. The Morgan fingerprint density at radius 1 is 0.222 bits per heavy atom. The van der Waals surface area contributed by atoms with Gasteiger partial charge in [0.05, 0.1) is 5.41 Å². The highest BCUT2D eigenvalue weighted by Gasteiger charge is 2.50. The van der Waals surface area contributed by atoms with E-state index in [0.717, 1.165) is 72.4 Å². The number of hydrogen-bond acceptors (Lipinski definition) is 1. The van der Waals surface area contributed by atoms with Gasteiger partial charge in [-0.25, -0.2) is 0 Å². The summed E-state index contributed by atoms with van der Waals surface area (Å²) in [5.74, 6) is 0. The fourth-order valence-electron chi connectivity index (χ4n) is 12.5. The third-order valence-electron chi connectivity index (χ3n) is 15.8. The van der Waals surface area contributed by atoms with Crippen LogP contribution in [0.25, 0.3) is 77.9 Å². The largest absolute Gasteiger partial charge is 0.376 e. The van der Waals surface area contributed by atoms with E-state index in [1.165, 1.54) is 66.8 Å². The molecular weight excluding hydrogens is 1340 g/mol. The minimum atomic E-state index is -1.39. The molecule has 0 amide bonds. The van der Waals surface area contributed by atoms with E-state index in [2.05, 4.69) is 292 Å². The predicted octanol–water partition coefficient (Wildman–Crippen LogP) is 22.6. The van der Waals surface area contributed by atoms with Gasteiger partial charge in [-0.05, 0) is 155 Å². The molecule has 3 aliphatic carbocycles. The first-order valence-electron chi connectivity index (χ1n) is 26.4. The zero-order chi connectivity index (χ0) is 54.5. The molecule has 12 aromatic rings. The minimum absolute atomic E-state index is 0. The molecule has 1 N–H and O–H groups in total. The van der Waals surface area contributed by atoms with Crippen LogP contribution in [0.5, 0.6) is 0 Å². The minimum Gasteiger partial charge on any atom is -0.376 e. The Balaban J connectivity index is 0.000000131. The molecule has 0 unspecified atom stereocenters. The molecule has 0 atom stereocenters. The molecule has 3 aliphatic rings. The van der Waals surface area contributed by atoms with E-state index in [1.807, 2.05) is 66.7 Å². The number of fused-ring (bicyclic) bond motifs is 17. The van der Waals surface area contributed by atoms with Crippen LogP contribution in [0.3, 0.4) is 0 Å². The van der Waals surface area contributed by atoms with Crippen molar-refractivity contribution < 1.29 is 5.11 Å². The highest BCUT2D eigenvalue weighted by atomic mass is 79.9. The first-order chi connectivity index (χ1) is 39.1. The van der Waals surface area contributed by atoms with Gasteiger partial charge in [-0.15, -0.1) is 12.4 Å². The van der Waals surface area contributed by atoms with Gasteiger partial charge in [-0.2, -0.15) is 0 Å². The van der Waals surface area contributed by atoms with Gasteiger partial charge in [-0.3, -0.25) is 0 Å². The van der Waals surface area contributed by atoms with Crippen LogP contribution in [0.4, 0.5) is 0 Å². The third-order valence-corrected chi connectivity index (χ3v) is 18.5. The molecule has 392 valence electrons. The van der Waals surface area contributed by atoms with Crippen molar-refractivity contribution in [3.8, 4) is 77.9 Å². The van der Waals surface area contributed by atoms with E-state index in [-0.39, 0.29) is 12.4 Å². The van der Waals surface area contributed by atoms with Crippen LogP contribution in [0, 0.1) is 0 Å². The van der Waals surface area contributed by atoms with Crippen molar-refractivity contribution in [2.75, 3.05) is 0 Å². The van der Waals surface area contributed by atoms with Crippen LogP contribution >= 0.6 is 92.1 Å². The highest BCUT2D eigenvalue weighted by molar-refractivity contribution is 9.11. The lowest BCUT2D eigenvalue weighted by Gasteiger charge is -2.35.